The summed E-state index contributed by atoms with van der Waals surface area (Å²) in [4.78, 5) is 11.2. The Bertz CT molecular complexity index is 468. The molecule has 0 saturated heterocycles. The minimum atomic E-state index is -0.418. The second-order valence-electron chi connectivity index (χ2n) is 3.64. The van der Waals surface area contributed by atoms with E-state index in [2.05, 4.69) is 17.2 Å². The van der Waals surface area contributed by atoms with E-state index in [4.69, 9.17) is 16.3 Å². The van der Waals surface area contributed by atoms with Gasteiger partial charge in [0.05, 0.1) is 6.54 Å². The molecule has 5 heteroatoms. The highest BCUT2D eigenvalue weighted by molar-refractivity contribution is 6.17. The number of ether oxygens (including phenoxy) is 1. The van der Waals surface area contributed by atoms with Gasteiger partial charge in [-0.3, -0.25) is 4.79 Å². The summed E-state index contributed by atoms with van der Waals surface area (Å²) in [5, 5.41) is 2.63. The van der Waals surface area contributed by atoms with Crippen LogP contribution < -0.4 is 10.1 Å². The second-order valence-corrected chi connectivity index (χ2v) is 4.02. The molecule has 0 unspecified atom stereocenters. The Hall–Kier alpha value is -1.73. The molecule has 0 atom stereocenters. The number of halogens is 2. The van der Waals surface area contributed by atoms with Gasteiger partial charge in [-0.2, -0.15) is 0 Å². The Morgan fingerprint density at radius 3 is 2.89 bits per heavy atom. The number of hydrogen-bond acceptors (Lipinski definition) is 2. The first-order valence-corrected chi connectivity index (χ1v) is 6.43. The van der Waals surface area contributed by atoms with E-state index in [9.17, 15) is 9.18 Å². The summed E-state index contributed by atoms with van der Waals surface area (Å²) in [6, 6.07) is 6.12. The molecule has 3 nitrogen and oxygen atoms in total. The zero-order valence-electron chi connectivity index (χ0n) is 10.4. The van der Waals surface area contributed by atoms with E-state index in [1.807, 2.05) is 0 Å². The number of carbonyl (C=O) groups is 1. The summed E-state index contributed by atoms with van der Waals surface area (Å²) < 4.78 is 18.3. The highest BCUT2D eigenvalue weighted by Crippen LogP contribution is 2.14. The SMILES string of the molecule is O=C(CCCCl)NCC#CCOc1ccccc1F. The van der Waals surface area contributed by atoms with Gasteiger partial charge in [-0.25, -0.2) is 4.39 Å². The smallest absolute Gasteiger partial charge is 0.220 e. The second kappa shape index (κ2) is 9.23. The van der Waals surface area contributed by atoms with Crippen LogP contribution >= 0.6 is 11.6 Å². The number of nitrogens with one attached hydrogen (secondary N) is 1. The molecular weight excluding hydrogens is 269 g/mol. The van der Waals surface area contributed by atoms with Gasteiger partial charge in [0.25, 0.3) is 0 Å². The van der Waals surface area contributed by atoms with Crippen molar-refractivity contribution in [3.63, 3.8) is 0 Å². The van der Waals surface area contributed by atoms with Crippen LogP contribution in [0, 0.1) is 17.7 Å². The number of rotatable bonds is 6. The van der Waals surface area contributed by atoms with E-state index in [-0.39, 0.29) is 24.8 Å². The normalized spacial score (nSPS) is 9.37. The van der Waals surface area contributed by atoms with Crippen molar-refractivity contribution in [1.82, 2.24) is 5.32 Å². The summed E-state index contributed by atoms with van der Waals surface area (Å²) in [6.07, 6.45) is 1.05. The van der Waals surface area contributed by atoms with Crippen molar-refractivity contribution in [2.45, 2.75) is 12.8 Å². The van der Waals surface area contributed by atoms with Gasteiger partial charge in [-0.05, 0) is 18.6 Å². The summed E-state index contributed by atoms with van der Waals surface area (Å²) in [7, 11) is 0. The van der Waals surface area contributed by atoms with E-state index in [1.54, 1.807) is 12.1 Å². The van der Waals surface area contributed by atoms with Crippen molar-refractivity contribution < 1.29 is 13.9 Å². The van der Waals surface area contributed by atoms with E-state index >= 15 is 0 Å². The molecule has 0 aromatic heterocycles. The van der Waals surface area contributed by atoms with Gasteiger partial charge >= 0.3 is 0 Å². The van der Waals surface area contributed by atoms with Crippen LogP contribution in [0.1, 0.15) is 12.8 Å². The van der Waals surface area contributed by atoms with Crippen molar-refractivity contribution >= 4 is 17.5 Å². The largest absolute Gasteiger partial charge is 0.478 e. The molecule has 1 aromatic rings. The van der Waals surface area contributed by atoms with Crippen molar-refractivity contribution in [2.75, 3.05) is 19.0 Å². The van der Waals surface area contributed by atoms with Crippen LogP contribution in [0.25, 0.3) is 0 Å². The summed E-state index contributed by atoms with van der Waals surface area (Å²) in [5.41, 5.74) is 0. The monoisotopic (exact) mass is 283 g/mol. The average Bonchev–Trinajstić information content (AvgIpc) is 2.42. The van der Waals surface area contributed by atoms with Crippen molar-refractivity contribution in [1.29, 1.82) is 0 Å². The van der Waals surface area contributed by atoms with Crippen LogP contribution in [0.3, 0.4) is 0 Å². The van der Waals surface area contributed by atoms with Gasteiger partial charge in [0.2, 0.25) is 5.91 Å². The van der Waals surface area contributed by atoms with Gasteiger partial charge in [0, 0.05) is 12.3 Å². The number of para-hydroxylation sites is 1. The number of benzene rings is 1. The third-order valence-corrected chi connectivity index (χ3v) is 2.44. The molecule has 102 valence electrons. The fourth-order valence-electron chi connectivity index (χ4n) is 1.25. The number of carbonyl (C=O) groups excluding carboxylic acids is 1. The lowest BCUT2D eigenvalue weighted by Crippen LogP contribution is -2.23. The topological polar surface area (TPSA) is 38.3 Å². The van der Waals surface area contributed by atoms with E-state index in [0.717, 1.165) is 0 Å². The summed E-state index contributed by atoms with van der Waals surface area (Å²) >= 11 is 5.46. The molecule has 0 fully saturated rings. The molecule has 0 heterocycles. The fourth-order valence-corrected chi connectivity index (χ4v) is 1.38. The van der Waals surface area contributed by atoms with Crippen molar-refractivity contribution in [3.8, 4) is 17.6 Å². The Kier molecular flexibility index (Phi) is 7.45. The molecule has 0 radical (unpaired) electrons. The van der Waals surface area contributed by atoms with E-state index in [1.165, 1.54) is 12.1 Å². The minimum absolute atomic E-state index is 0.0787. The van der Waals surface area contributed by atoms with Crippen LogP contribution in [0.5, 0.6) is 5.75 Å². The Labute approximate surface area is 117 Å². The van der Waals surface area contributed by atoms with E-state index in [0.29, 0.717) is 18.7 Å². The standard InChI is InChI=1S/C14H15ClFNO2/c15-9-5-8-14(18)17-10-3-4-11-19-13-7-2-1-6-12(13)16/h1-2,6-7H,5,8-11H2,(H,17,18). The predicted octanol–water partition coefficient (Wildman–Crippen LogP) is 2.34. The number of hydrogen-bond donors (Lipinski definition) is 1. The van der Waals surface area contributed by atoms with Gasteiger partial charge in [0.1, 0.15) is 6.61 Å². The van der Waals surface area contributed by atoms with Gasteiger partial charge < -0.3 is 10.1 Å². The lowest BCUT2D eigenvalue weighted by atomic mass is 10.3. The first kappa shape index (κ1) is 15.3. The fraction of sp³-hybridized carbons (Fsp3) is 0.357. The maximum absolute atomic E-state index is 13.1. The maximum atomic E-state index is 13.1. The van der Waals surface area contributed by atoms with Crippen LogP contribution in [-0.2, 0) is 4.79 Å². The highest BCUT2D eigenvalue weighted by atomic mass is 35.5. The Morgan fingerprint density at radius 1 is 1.37 bits per heavy atom. The van der Waals surface area contributed by atoms with Gasteiger partial charge in [-0.1, -0.05) is 24.0 Å². The molecule has 1 rings (SSSR count). The molecule has 1 N–H and O–H groups in total. The predicted molar refractivity (Wildman–Crippen MR) is 72.6 cm³/mol. The third kappa shape index (κ3) is 6.68. The summed E-state index contributed by atoms with van der Waals surface area (Å²) in [5.74, 6) is 5.55. The molecule has 0 aliphatic heterocycles. The van der Waals surface area contributed by atoms with Gasteiger partial charge in [-0.15, -0.1) is 11.6 Å². The Balaban J connectivity index is 2.18. The molecule has 19 heavy (non-hydrogen) atoms. The van der Waals surface area contributed by atoms with Crippen LogP contribution in [0.15, 0.2) is 24.3 Å². The van der Waals surface area contributed by atoms with Crippen molar-refractivity contribution in [2.24, 2.45) is 0 Å². The molecule has 0 saturated carbocycles. The zero-order chi connectivity index (χ0) is 13.9. The van der Waals surface area contributed by atoms with Crippen LogP contribution in [0.2, 0.25) is 0 Å². The molecule has 1 amide bonds. The summed E-state index contributed by atoms with van der Waals surface area (Å²) in [6.45, 7) is 0.334. The first-order valence-electron chi connectivity index (χ1n) is 5.89. The minimum Gasteiger partial charge on any atom is -0.478 e. The molecular formula is C14H15ClFNO2. The lowest BCUT2D eigenvalue weighted by molar-refractivity contribution is -0.120. The average molecular weight is 284 g/mol. The third-order valence-electron chi connectivity index (χ3n) is 2.17. The molecule has 0 aliphatic rings. The molecule has 0 bridgehead atoms. The quantitative estimate of drug-likeness (QED) is 0.643. The number of alkyl halides is 1. The molecule has 0 aliphatic carbocycles. The highest BCUT2D eigenvalue weighted by Gasteiger charge is 1.99. The maximum Gasteiger partial charge on any atom is 0.220 e. The van der Waals surface area contributed by atoms with Gasteiger partial charge in [0.15, 0.2) is 11.6 Å². The number of amides is 1. The van der Waals surface area contributed by atoms with Crippen LogP contribution in [0.4, 0.5) is 4.39 Å². The molecule has 0 spiro atoms. The van der Waals surface area contributed by atoms with Crippen molar-refractivity contribution in [3.05, 3.63) is 30.1 Å². The zero-order valence-corrected chi connectivity index (χ0v) is 11.2. The first-order chi connectivity index (χ1) is 9.24. The van der Waals surface area contributed by atoms with Crippen LogP contribution in [-0.4, -0.2) is 24.9 Å². The van der Waals surface area contributed by atoms with E-state index < -0.39 is 5.82 Å². The molecule has 1 aromatic carbocycles. The Morgan fingerprint density at radius 2 is 2.16 bits per heavy atom. The lowest BCUT2D eigenvalue weighted by Gasteiger charge is -2.02.